The number of likely N-dealkylation sites (N-methyl/N-ethyl adjacent to an activating group) is 1. The molecule has 0 bridgehead atoms. The van der Waals surface area contributed by atoms with E-state index in [1.54, 1.807) is 6.20 Å². The predicted molar refractivity (Wildman–Crippen MR) is 83.6 cm³/mol. The third-order valence-electron chi connectivity index (χ3n) is 3.52. The summed E-state index contributed by atoms with van der Waals surface area (Å²) in [4.78, 5) is 6.42. The summed E-state index contributed by atoms with van der Waals surface area (Å²) in [6, 6.07) is 2.54. The van der Waals surface area contributed by atoms with Crippen molar-refractivity contribution in [2.75, 3.05) is 25.5 Å². The van der Waals surface area contributed by atoms with Gasteiger partial charge in [-0.1, -0.05) is 16.8 Å². The first kappa shape index (κ1) is 14.3. The SMILES string of the molecule is CC(C)Nc1cc(Cl)ncc1-c1cn(C2CN(C)C2)nn1. The molecule has 1 saturated heterocycles. The van der Waals surface area contributed by atoms with Crippen LogP contribution in [0.15, 0.2) is 18.5 Å². The van der Waals surface area contributed by atoms with Gasteiger partial charge in [-0.15, -0.1) is 5.10 Å². The van der Waals surface area contributed by atoms with Gasteiger partial charge in [-0.25, -0.2) is 9.67 Å². The van der Waals surface area contributed by atoms with Crippen LogP contribution < -0.4 is 5.32 Å². The highest BCUT2D eigenvalue weighted by Gasteiger charge is 2.26. The summed E-state index contributed by atoms with van der Waals surface area (Å²) in [5.41, 5.74) is 2.67. The quantitative estimate of drug-likeness (QED) is 0.878. The van der Waals surface area contributed by atoms with Crippen molar-refractivity contribution >= 4 is 17.3 Å². The van der Waals surface area contributed by atoms with Crippen LogP contribution >= 0.6 is 11.6 Å². The molecule has 0 spiro atoms. The molecule has 1 aliphatic rings. The zero-order valence-electron chi connectivity index (χ0n) is 12.4. The number of nitrogens with one attached hydrogen (secondary N) is 1. The summed E-state index contributed by atoms with van der Waals surface area (Å²) in [5.74, 6) is 0. The number of likely N-dealkylation sites (tertiary alicyclic amines) is 1. The molecule has 0 unspecified atom stereocenters. The van der Waals surface area contributed by atoms with Gasteiger partial charge in [-0.05, 0) is 27.0 Å². The zero-order valence-corrected chi connectivity index (χ0v) is 13.2. The van der Waals surface area contributed by atoms with Gasteiger partial charge in [-0.3, -0.25) is 0 Å². The highest BCUT2D eigenvalue weighted by Crippen LogP contribution is 2.29. The molecule has 0 aliphatic carbocycles. The predicted octanol–water partition coefficient (Wildman–Crippen LogP) is 2.30. The number of anilines is 1. The second-order valence-electron chi connectivity index (χ2n) is 5.81. The van der Waals surface area contributed by atoms with Crippen molar-refractivity contribution in [2.24, 2.45) is 0 Å². The summed E-state index contributed by atoms with van der Waals surface area (Å²) in [5, 5.41) is 12.4. The van der Waals surface area contributed by atoms with E-state index in [0.29, 0.717) is 17.2 Å². The summed E-state index contributed by atoms with van der Waals surface area (Å²) in [6.45, 7) is 6.19. The largest absolute Gasteiger partial charge is 0.382 e. The van der Waals surface area contributed by atoms with Crippen LogP contribution in [0, 0.1) is 0 Å². The van der Waals surface area contributed by atoms with E-state index in [-0.39, 0.29) is 0 Å². The number of pyridine rings is 1. The number of rotatable bonds is 4. The lowest BCUT2D eigenvalue weighted by Gasteiger charge is -2.35. The molecule has 0 aromatic carbocycles. The maximum absolute atomic E-state index is 5.99. The minimum Gasteiger partial charge on any atom is -0.382 e. The van der Waals surface area contributed by atoms with E-state index < -0.39 is 0 Å². The van der Waals surface area contributed by atoms with Crippen LogP contribution in [0.1, 0.15) is 19.9 Å². The summed E-state index contributed by atoms with van der Waals surface area (Å²) >= 11 is 5.99. The van der Waals surface area contributed by atoms with Crippen LogP contribution in [0.4, 0.5) is 5.69 Å². The van der Waals surface area contributed by atoms with Crippen molar-refractivity contribution in [1.82, 2.24) is 24.9 Å². The monoisotopic (exact) mass is 306 g/mol. The number of hydrogen-bond acceptors (Lipinski definition) is 5. The first-order chi connectivity index (χ1) is 10.0. The third kappa shape index (κ3) is 3.01. The van der Waals surface area contributed by atoms with Crippen molar-refractivity contribution in [3.8, 4) is 11.3 Å². The molecule has 0 saturated carbocycles. The molecule has 2 aromatic rings. The van der Waals surface area contributed by atoms with Crippen molar-refractivity contribution < 1.29 is 0 Å². The van der Waals surface area contributed by atoms with Gasteiger partial charge in [0.15, 0.2) is 0 Å². The molecule has 7 heteroatoms. The number of aromatic nitrogens is 4. The van der Waals surface area contributed by atoms with Gasteiger partial charge in [0.05, 0.1) is 12.2 Å². The van der Waals surface area contributed by atoms with Crippen LogP contribution in [0.5, 0.6) is 0 Å². The molecular weight excluding hydrogens is 288 g/mol. The molecule has 3 heterocycles. The standard InChI is InChI=1S/C14H19ClN6/c1-9(2)17-12-4-14(15)16-5-11(12)13-8-21(19-18-13)10-6-20(3)7-10/h4-5,8-10H,6-7H2,1-3H3,(H,16,17). The average molecular weight is 307 g/mol. The molecule has 112 valence electrons. The lowest BCUT2D eigenvalue weighted by atomic mass is 10.1. The lowest BCUT2D eigenvalue weighted by molar-refractivity contribution is 0.129. The maximum Gasteiger partial charge on any atom is 0.131 e. The molecule has 0 amide bonds. The Balaban J connectivity index is 1.89. The van der Waals surface area contributed by atoms with Crippen LogP contribution in [0.25, 0.3) is 11.3 Å². The van der Waals surface area contributed by atoms with Crippen LogP contribution in [0.3, 0.4) is 0 Å². The highest BCUT2D eigenvalue weighted by molar-refractivity contribution is 6.29. The van der Waals surface area contributed by atoms with E-state index in [1.807, 2.05) is 16.9 Å². The van der Waals surface area contributed by atoms with Crippen LogP contribution in [-0.2, 0) is 0 Å². The van der Waals surface area contributed by atoms with Gasteiger partial charge in [0.1, 0.15) is 10.8 Å². The van der Waals surface area contributed by atoms with E-state index in [4.69, 9.17) is 11.6 Å². The highest BCUT2D eigenvalue weighted by atomic mass is 35.5. The van der Waals surface area contributed by atoms with Crippen molar-refractivity contribution in [2.45, 2.75) is 25.9 Å². The third-order valence-corrected chi connectivity index (χ3v) is 3.73. The van der Waals surface area contributed by atoms with Gasteiger partial charge < -0.3 is 10.2 Å². The Hall–Kier alpha value is -1.66. The molecule has 2 aromatic heterocycles. The first-order valence-electron chi connectivity index (χ1n) is 7.06. The minimum absolute atomic E-state index is 0.303. The maximum atomic E-state index is 5.99. The Morgan fingerprint density at radius 3 is 2.81 bits per heavy atom. The number of hydrogen-bond donors (Lipinski definition) is 1. The molecule has 1 aliphatic heterocycles. The van der Waals surface area contributed by atoms with Crippen molar-refractivity contribution in [3.05, 3.63) is 23.6 Å². The van der Waals surface area contributed by atoms with Crippen LogP contribution in [-0.4, -0.2) is 51.1 Å². The zero-order chi connectivity index (χ0) is 15.0. The second-order valence-corrected chi connectivity index (χ2v) is 6.20. The Labute approximate surface area is 129 Å². The Bertz CT molecular complexity index is 632. The first-order valence-corrected chi connectivity index (χ1v) is 7.43. The van der Waals surface area contributed by atoms with Gasteiger partial charge in [0, 0.05) is 36.6 Å². The molecular formula is C14H19ClN6. The van der Waals surface area contributed by atoms with E-state index in [2.05, 4.69) is 46.4 Å². The minimum atomic E-state index is 0.303. The van der Waals surface area contributed by atoms with Gasteiger partial charge >= 0.3 is 0 Å². The molecule has 0 atom stereocenters. The van der Waals surface area contributed by atoms with Crippen molar-refractivity contribution in [1.29, 1.82) is 0 Å². The molecule has 0 radical (unpaired) electrons. The molecule has 1 N–H and O–H groups in total. The Kier molecular flexibility index (Phi) is 3.82. The molecule has 6 nitrogen and oxygen atoms in total. The molecule has 3 rings (SSSR count). The number of halogens is 1. The smallest absolute Gasteiger partial charge is 0.131 e. The topological polar surface area (TPSA) is 58.9 Å². The fourth-order valence-corrected chi connectivity index (χ4v) is 2.63. The van der Waals surface area contributed by atoms with Gasteiger partial charge in [0.25, 0.3) is 0 Å². The number of nitrogens with zero attached hydrogens (tertiary/aromatic N) is 5. The van der Waals surface area contributed by atoms with Crippen LogP contribution in [0.2, 0.25) is 5.15 Å². The Morgan fingerprint density at radius 1 is 1.38 bits per heavy atom. The van der Waals surface area contributed by atoms with E-state index >= 15 is 0 Å². The average Bonchev–Trinajstić information content (AvgIpc) is 2.83. The Morgan fingerprint density at radius 2 is 2.14 bits per heavy atom. The van der Waals surface area contributed by atoms with Gasteiger partial charge in [-0.2, -0.15) is 0 Å². The van der Waals surface area contributed by atoms with Crippen molar-refractivity contribution in [3.63, 3.8) is 0 Å². The molecule has 21 heavy (non-hydrogen) atoms. The second kappa shape index (κ2) is 5.61. The molecule has 1 fully saturated rings. The van der Waals surface area contributed by atoms with E-state index in [0.717, 1.165) is 30.0 Å². The fourth-order valence-electron chi connectivity index (χ4n) is 2.48. The van der Waals surface area contributed by atoms with Gasteiger partial charge in [0.2, 0.25) is 0 Å². The summed E-state index contributed by atoms with van der Waals surface area (Å²) in [6.07, 6.45) is 3.72. The van der Waals surface area contributed by atoms with E-state index in [1.165, 1.54) is 0 Å². The van der Waals surface area contributed by atoms with E-state index in [9.17, 15) is 0 Å². The lowest BCUT2D eigenvalue weighted by Crippen LogP contribution is -2.45. The summed E-state index contributed by atoms with van der Waals surface area (Å²) in [7, 11) is 2.10. The fraction of sp³-hybridized carbons (Fsp3) is 0.500. The normalized spacial score (nSPS) is 16.2. The summed E-state index contributed by atoms with van der Waals surface area (Å²) < 4.78 is 1.93.